The summed E-state index contributed by atoms with van der Waals surface area (Å²) in [5.41, 5.74) is 3.40. The summed E-state index contributed by atoms with van der Waals surface area (Å²) in [6, 6.07) is 10.5. The predicted octanol–water partition coefficient (Wildman–Crippen LogP) is 1.86. The van der Waals surface area contributed by atoms with Crippen LogP contribution in [-0.4, -0.2) is 31.3 Å². The largest absolute Gasteiger partial charge is 0.493 e. The van der Waals surface area contributed by atoms with Gasteiger partial charge in [0.25, 0.3) is 5.91 Å². The minimum Gasteiger partial charge on any atom is -0.493 e. The first-order chi connectivity index (χ1) is 10.3. The van der Waals surface area contributed by atoms with Crippen LogP contribution in [0.2, 0.25) is 0 Å². The Morgan fingerprint density at radius 1 is 1.19 bits per heavy atom. The summed E-state index contributed by atoms with van der Waals surface area (Å²) in [6.45, 7) is 0. The van der Waals surface area contributed by atoms with Crippen LogP contribution in [0, 0.1) is 0 Å². The number of para-hydroxylation sites is 1. The van der Waals surface area contributed by atoms with Gasteiger partial charge in [-0.3, -0.25) is 9.78 Å². The second-order valence-electron chi connectivity index (χ2n) is 4.00. The minimum absolute atomic E-state index is 0.298. The first-order valence-corrected chi connectivity index (χ1v) is 6.21. The standard InChI is InChI=1S/C15H15N3O3/c1-20-13-8-5-6-11(14(13)21-2)10-17-18-15(19)12-7-3-4-9-16-12/h3-10H,1-2H3,(H,18,19)/b17-10+. The number of hydrazone groups is 1. The molecule has 2 aromatic rings. The lowest BCUT2D eigenvalue weighted by molar-refractivity contribution is 0.0950. The maximum atomic E-state index is 11.8. The van der Waals surface area contributed by atoms with Gasteiger partial charge in [-0.2, -0.15) is 5.10 Å². The lowest BCUT2D eigenvalue weighted by Crippen LogP contribution is -2.18. The lowest BCUT2D eigenvalue weighted by Gasteiger charge is -2.09. The van der Waals surface area contributed by atoms with E-state index in [4.69, 9.17) is 9.47 Å². The second-order valence-corrected chi connectivity index (χ2v) is 4.00. The monoisotopic (exact) mass is 285 g/mol. The Kier molecular flexibility index (Phi) is 4.87. The van der Waals surface area contributed by atoms with Crippen molar-refractivity contribution in [1.29, 1.82) is 0 Å². The number of carbonyl (C=O) groups excluding carboxylic acids is 1. The zero-order chi connectivity index (χ0) is 15.1. The van der Waals surface area contributed by atoms with Gasteiger partial charge in [0.15, 0.2) is 11.5 Å². The molecule has 6 nitrogen and oxygen atoms in total. The molecule has 21 heavy (non-hydrogen) atoms. The molecule has 0 unspecified atom stereocenters. The van der Waals surface area contributed by atoms with Crippen molar-refractivity contribution in [2.24, 2.45) is 5.10 Å². The van der Waals surface area contributed by atoms with Gasteiger partial charge in [0.2, 0.25) is 0 Å². The van der Waals surface area contributed by atoms with E-state index in [1.54, 1.807) is 50.7 Å². The van der Waals surface area contributed by atoms with Crippen LogP contribution >= 0.6 is 0 Å². The molecule has 0 saturated carbocycles. The highest BCUT2D eigenvalue weighted by atomic mass is 16.5. The molecule has 2 rings (SSSR count). The summed E-state index contributed by atoms with van der Waals surface area (Å²) < 4.78 is 10.5. The summed E-state index contributed by atoms with van der Waals surface area (Å²) in [7, 11) is 3.10. The van der Waals surface area contributed by atoms with Crippen molar-refractivity contribution in [1.82, 2.24) is 10.4 Å². The van der Waals surface area contributed by atoms with E-state index in [1.165, 1.54) is 6.21 Å². The number of nitrogens with one attached hydrogen (secondary N) is 1. The van der Waals surface area contributed by atoms with Crippen LogP contribution < -0.4 is 14.9 Å². The highest BCUT2D eigenvalue weighted by Gasteiger charge is 2.08. The van der Waals surface area contributed by atoms with E-state index in [1.807, 2.05) is 6.07 Å². The number of nitrogens with zero attached hydrogens (tertiary/aromatic N) is 2. The minimum atomic E-state index is -0.381. The van der Waals surface area contributed by atoms with Crippen LogP contribution in [0.5, 0.6) is 11.5 Å². The summed E-state index contributed by atoms with van der Waals surface area (Å²) in [5.74, 6) is 0.766. The summed E-state index contributed by atoms with van der Waals surface area (Å²) >= 11 is 0. The topological polar surface area (TPSA) is 72.8 Å². The molecule has 1 heterocycles. The Morgan fingerprint density at radius 2 is 2.05 bits per heavy atom. The maximum absolute atomic E-state index is 11.8. The van der Waals surface area contributed by atoms with E-state index in [-0.39, 0.29) is 5.91 Å². The number of methoxy groups -OCH3 is 2. The van der Waals surface area contributed by atoms with Gasteiger partial charge in [0.05, 0.1) is 20.4 Å². The molecular weight excluding hydrogens is 270 g/mol. The number of pyridine rings is 1. The van der Waals surface area contributed by atoms with Crippen molar-refractivity contribution in [3.8, 4) is 11.5 Å². The van der Waals surface area contributed by atoms with Crippen LogP contribution in [0.25, 0.3) is 0 Å². The van der Waals surface area contributed by atoms with Gasteiger partial charge in [0.1, 0.15) is 5.69 Å². The van der Waals surface area contributed by atoms with Crippen LogP contribution in [0.3, 0.4) is 0 Å². The molecule has 0 aliphatic carbocycles. The molecule has 0 aliphatic rings. The normalized spacial score (nSPS) is 10.4. The molecule has 0 fully saturated rings. The maximum Gasteiger partial charge on any atom is 0.289 e. The van der Waals surface area contributed by atoms with Crippen LogP contribution in [0.4, 0.5) is 0 Å². The average molecular weight is 285 g/mol. The van der Waals surface area contributed by atoms with E-state index >= 15 is 0 Å². The predicted molar refractivity (Wildman–Crippen MR) is 78.8 cm³/mol. The van der Waals surface area contributed by atoms with Crippen LogP contribution in [0.15, 0.2) is 47.7 Å². The molecule has 108 valence electrons. The first-order valence-electron chi connectivity index (χ1n) is 6.21. The number of aromatic nitrogens is 1. The van der Waals surface area contributed by atoms with Gasteiger partial charge in [-0.15, -0.1) is 0 Å². The number of hydrogen-bond donors (Lipinski definition) is 1. The summed E-state index contributed by atoms with van der Waals surface area (Å²) in [5, 5.41) is 3.90. The Balaban J connectivity index is 2.10. The van der Waals surface area contributed by atoms with Crippen molar-refractivity contribution in [2.75, 3.05) is 14.2 Å². The Hall–Kier alpha value is -2.89. The lowest BCUT2D eigenvalue weighted by atomic mass is 10.2. The molecule has 0 bridgehead atoms. The Bertz CT molecular complexity index is 642. The van der Waals surface area contributed by atoms with E-state index < -0.39 is 0 Å². The molecule has 0 radical (unpaired) electrons. The van der Waals surface area contributed by atoms with E-state index in [0.717, 1.165) is 0 Å². The van der Waals surface area contributed by atoms with Crippen LogP contribution in [-0.2, 0) is 0 Å². The van der Waals surface area contributed by atoms with Crippen molar-refractivity contribution in [3.63, 3.8) is 0 Å². The van der Waals surface area contributed by atoms with E-state index in [9.17, 15) is 4.79 Å². The fraction of sp³-hybridized carbons (Fsp3) is 0.133. The average Bonchev–Trinajstić information content (AvgIpc) is 2.55. The van der Waals surface area contributed by atoms with E-state index in [0.29, 0.717) is 22.8 Å². The molecule has 1 amide bonds. The Morgan fingerprint density at radius 3 is 2.71 bits per heavy atom. The third-order valence-corrected chi connectivity index (χ3v) is 2.70. The van der Waals surface area contributed by atoms with Gasteiger partial charge in [-0.25, -0.2) is 5.43 Å². The zero-order valence-electron chi connectivity index (χ0n) is 11.7. The van der Waals surface area contributed by atoms with Gasteiger partial charge < -0.3 is 9.47 Å². The quantitative estimate of drug-likeness (QED) is 0.672. The smallest absolute Gasteiger partial charge is 0.289 e. The molecule has 0 spiro atoms. The van der Waals surface area contributed by atoms with Gasteiger partial charge in [-0.1, -0.05) is 12.1 Å². The highest BCUT2D eigenvalue weighted by Crippen LogP contribution is 2.29. The number of rotatable bonds is 5. The Labute approximate surface area is 122 Å². The molecule has 1 N–H and O–H groups in total. The highest BCUT2D eigenvalue weighted by molar-refractivity contribution is 5.93. The van der Waals surface area contributed by atoms with Gasteiger partial charge >= 0.3 is 0 Å². The van der Waals surface area contributed by atoms with Gasteiger partial charge in [0, 0.05) is 11.8 Å². The molecule has 0 saturated heterocycles. The third-order valence-electron chi connectivity index (χ3n) is 2.70. The number of carbonyl (C=O) groups is 1. The molecule has 6 heteroatoms. The summed E-state index contributed by atoms with van der Waals surface area (Å²) in [6.07, 6.45) is 3.03. The number of amides is 1. The fourth-order valence-electron chi connectivity index (χ4n) is 1.73. The number of hydrogen-bond acceptors (Lipinski definition) is 5. The zero-order valence-corrected chi connectivity index (χ0v) is 11.7. The van der Waals surface area contributed by atoms with E-state index in [2.05, 4.69) is 15.5 Å². The van der Waals surface area contributed by atoms with Crippen molar-refractivity contribution in [2.45, 2.75) is 0 Å². The SMILES string of the molecule is COc1cccc(/C=N/NC(=O)c2ccccn2)c1OC. The first kappa shape index (κ1) is 14.5. The molecular formula is C15H15N3O3. The number of benzene rings is 1. The van der Waals surface area contributed by atoms with Crippen molar-refractivity contribution >= 4 is 12.1 Å². The van der Waals surface area contributed by atoms with Crippen LogP contribution in [0.1, 0.15) is 16.1 Å². The molecule has 1 aromatic carbocycles. The fourth-order valence-corrected chi connectivity index (χ4v) is 1.73. The molecule has 1 aromatic heterocycles. The van der Waals surface area contributed by atoms with Gasteiger partial charge in [-0.05, 0) is 24.3 Å². The number of ether oxygens (including phenoxy) is 2. The summed E-state index contributed by atoms with van der Waals surface area (Å²) in [4.78, 5) is 15.7. The third kappa shape index (κ3) is 3.56. The van der Waals surface area contributed by atoms with Crippen molar-refractivity contribution < 1.29 is 14.3 Å². The molecule has 0 aliphatic heterocycles. The van der Waals surface area contributed by atoms with Crippen molar-refractivity contribution in [3.05, 3.63) is 53.9 Å². The molecule has 0 atom stereocenters. The second kappa shape index (κ2) is 7.04.